The lowest BCUT2D eigenvalue weighted by Gasteiger charge is -2.34. The summed E-state index contributed by atoms with van der Waals surface area (Å²) in [6.07, 6.45) is 2.27. The predicted octanol–water partition coefficient (Wildman–Crippen LogP) is 2.93. The first-order valence-corrected chi connectivity index (χ1v) is 14.0. The van der Waals surface area contributed by atoms with Gasteiger partial charge in [-0.05, 0) is 18.6 Å². The first-order valence-electron chi connectivity index (χ1n) is 9.82. The van der Waals surface area contributed by atoms with Crippen LogP contribution in [0.25, 0.3) is 0 Å². The fraction of sp³-hybridized carbons (Fsp3) is 0.474. The van der Waals surface area contributed by atoms with Crippen molar-refractivity contribution in [2.75, 3.05) is 37.7 Å². The van der Waals surface area contributed by atoms with Crippen molar-refractivity contribution in [2.24, 2.45) is 0 Å². The number of unbranched alkanes of at least 4 members (excludes halogenated alkanes) is 1. The molecule has 1 aliphatic heterocycles. The molecule has 1 aromatic carbocycles. The highest BCUT2D eigenvalue weighted by atomic mass is 32.2. The van der Waals surface area contributed by atoms with Crippen molar-refractivity contribution in [3.8, 4) is 6.07 Å². The lowest BCUT2D eigenvalue weighted by molar-refractivity contribution is -0.129. The molecule has 0 unspecified atom stereocenters. The number of nitriles is 1. The van der Waals surface area contributed by atoms with Crippen molar-refractivity contribution >= 4 is 50.8 Å². The summed E-state index contributed by atoms with van der Waals surface area (Å²) in [6.45, 7) is 3.20. The van der Waals surface area contributed by atoms with E-state index in [1.165, 1.54) is 39.5 Å². The number of benzene rings is 1. The SMILES string of the molecule is CCCCSc1nnc(SCC(=O)N2CCN(S(=O)(=O)c3ccccc3C#N)CC2)s1. The average molecular weight is 498 g/mol. The van der Waals surface area contributed by atoms with Crippen LogP contribution in [-0.4, -0.2) is 71.4 Å². The molecule has 31 heavy (non-hydrogen) atoms. The first-order chi connectivity index (χ1) is 15.0. The van der Waals surface area contributed by atoms with Gasteiger partial charge in [-0.1, -0.05) is 60.3 Å². The Morgan fingerprint density at radius 1 is 1.16 bits per heavy atom. The molecule has 2 aromatic rings. The third-order valence-corrected chi connectivity index (χ3v) is 9.86. The van der Waals surface area contributed by atoms with Crippen molar-refractivity contribution in [3.05, 3.63) is 29.8 Å². The number of amides is 1. The van der Waals surface area contributed by atoms with Gasteiger partial charge in [0.2, 0.25) is 15.9 Å². The van der Waals surface area contributed by atoms with E-state index in [4.69, 9.17) is 0 Å². The van der Waals surface area contributed by atoms with Gasteiger partial charge >= 0.3 is 0 Å². The standard InChI is InChI=1S/C19H23N5O3S4/c1-2-3-12-28-18-21-22-19(30-18)29-14-17(25)23-8-10-24(11-9-23)31(26,27)16-7-5-4-6-15(16)13-20/h4-7H,2-3,8-12,14H2,1H3. The normalized spacial score (nSPS) is 15.0. The van der Waals surface area contributed by atoms with Gasteiger partial charge in [0.25, 0.3) is 0 Å². The third kappa shape index (κ3) is 6.20. The number of carbonyl (C=O) groups is 1. The largest absolute Gasteiger partial charge is 0.339 e. The molecular weight excluding hydrogens is 475 g/mol. The summed E-state index contributed by atoms with van der Waals surface area (Å²) in [5.74, 6) is 1.22. The molecule has 1 aromatic heterocycles. The highest BCUT2D eigenvalue weighted by Gasteiger charge is 2.31. The number of thioether (sulfide) groups is 2. The summed E-state index contributed by atoms with van der Waals surface area (Å²) in [5.41, 5.74) is 0.127. The molecule has 2 heterocycles. The highest BCUT2D eigenvalue weighted by molar-refractivity contribution is 8.03. The molecule has 0 N–H and O–H groups in total. The number of sulfonamides is 1. The van der Waals surface area contributed by atoms with Crippen LogP contribution >= 0.6 is 34.9 Å². The maximum Gasteiger partial charge on any atom is 0.244 e. The first kappa shape index (κ1) is 24.0. The fourth-order valence-electron chi connectivity index (χ4n) is 2.93. The van der Waals surface area contributed by atoms with E-state index in [1.54, 1.807) is 28.8 Å². The van der Waals surface area contributed by atoms with Gasteiger partial charge in [-0.2, -0.15) is 9.57 Å². The molecule has 0 spiro atoms. The summed E-state index contributed by atoms with van der Waals surface area (Å²) < 4.78 is 28.8. The second kappa shape index (κ2) is 11.3. The zero-order valence-corrected chi connectivity index (χ0v) is 20.3. The summed E-state index contributed by atoms with van der Waals surface area (Å²) in [4.78, 5) is 14.2. The van der Waals surface area contributed by atoms with Crippen molar-refractivity contribution in [3.63, 3.8) is 0 Å². The topological polar surface area (TPSA) is 107 Å². The van der Waals surface area contributed by atoms with Gasteiger partial charge in [0.05, 0.1) is 16.2 Å². The quantitative estimate of drug-likeness (QED) is 0.384. The van der Waals surface area contributed by atoms with E-state index in [-0.39, 0.29) is 35.2 Å². The van der Waals surface area contributed by atoms with Gasteiger partial charge in [-0.25, -0.2) is 8.42 Å². The van der Waals surface area contributed by atoms with Crippen molar-refractivity contribution in [1.82, 2.24) is 19.4 Å². The van der Waals surface area contributed by atoms with E-state index in [9.17, 15) is 18.5 Å². The van der Waals surface area contributed by atoms with Crippen LogP contribution in [0.1, 0.15) is 25.3 Å². The van der Waals surface area contributed by atoms with Crippen LogP contribution in [0.15, 0.2) is 37.8 Å². The monoisotopic (exact) mass is 497 g/mol. The van der Waals surface area contributed by atoms with Gasteiger partial charge in [0.15, 0.2) is 8.68 Å². The summed E-state index contributed by atoms with van der Waals surface area (Å²) in [7, 11) is -3.77. The molecule has 166 valence electrons. The van der Waals surface area contributed by atoms with E-state index in [2.05, 4.69) is 17.1 Å². The van der Waals surface area contributed by atoms with Crippen molar-refractivity contribution in [2.45, 2.75) is 33.3 Å². The van der Waals surface area contributed by atoms with Crippen LogP contribution in [-0.2, 0) is 14.8 Å². The zero-order valence-electron chi connectivity index (χ0n) is 17.1. The van der Waals surface area contributed by atoms with Gasteiger partial charge in [0, 0.05) is 31.9 Å². The number of nitrogens with zero attached hydrogens (tertiary/aromatic N) is 5. The van der Waals surface area contributed by atoms with Gasteiger partial charge in [-0.15, -0.1) is 10.2 Å². The van der Waals surface area contributed by atoms with Crippen LogP contribution in [0.5, 0.6) is 0 Å². The van der Waals surface area contributed by atoms with E-state index in [1.807, 2.05) is 6.07 Å². The second-order valence-corrected chi connectivity index (χ2v) is 12.2. The molecular formula is C19H23N5O3S4. The lowest BCUT2D eigenvalue weighted by atomic mass is 10.2. The van der Waals surface area contributed by atoms with Crippen molar-refractivity contribution in [1.29, 1.82) is 5.26 Å². The molecule has 1 fully saturated rings. The number of piperazine rings is 1. The molecule has 3 rings (SSSR count). The average Bonchev–Trinajstić information content (AvgIpc) is 3.25. The number of rotatable bonds is 9. The minimum Gasteiger partial charge on any atom is -0.339 e. The molecule has 0 atom stereocenters. The molecule has 0 radical (unpaired) electrons. The summed E-state index contributed by atoms with van der Waals surface area (Å²) in [5, 5.41) is 17.5. The predicted molar refractivity (Wildman–Crippen MR) is 123 cm³/mol. The molecule has 0 bridgehead atoms. The molecule has 0 aliphatic carbocycles. The summed E-state index contributed by atoms with van der Waals surface area (Å²) in [6, 6.07) is 8.10. The maximum atomic E-state index is 12.9. The Morgan fingerprint density at radius 2 is 1.84 bits per heavy atom. The summed E-state index contributed by atoms with van der Waals surface area (Å²) >= 11 is 4.54. The zero-order chi connectivity index (χ0) is 22.3. The van der Waals surface area contributed by atoms with Crippen LogP contribution in [0, 0.1) is 11.3 Å². The maximum absolute atomic E-state index is 12.9. The highest BCUT2D eigenvalue weighted by Crippen LogP contribution is 2.29. The smallest absolute Gasteiger partial charge is 0.244 e. The second-order valence-electron chi connectivity index (χ2n) is 6.72. The molecule has 0 saturated carbocycles. The Balaban J connectivity index is 1.50. The minimum absolute atomic E-state index is 0.0108. The van der Waals surface area contributed by atoms with E-state index < -0.39 is 10.0 Å². The lowest BCUT2D eigenvalue weighted by Crippen LogP contribution is -2.51. The van der Waals surface area contributed by atoms with E-state index in [0.29, 0.717) is 13.1 Å². The van der Waals surface area contributed by atoms with Crippen molar-refractivity contribution < 1.29 is 13.2 Å². The number of carbonyl (C=O) groups excluding carboxylic acids is 1. The Morgan fingerprint density at radius 3 is 2.52 bits per heavy atom. The number of hydrogen-bond acceptors (Lipinski definition) is 9. The van der Waals surface area contributed by atoms with E-state index in [0.717, 1.165) is 27.3 Å². The Bertz CT molecular complexity index is 1040. The number of hydrogen-bond donors (Lipinski definition) is 0. The molecule has 1 saturated heterocycles. The van der Waals surface area contributed by atoms with Crippen LogP contribution in [0.2, 0.25) is 0 Å². The molecule has 12 heteroatoms. The molecule has 1 amide bonds. The van der Waals surface area contributed by atoms with Crippen LogP contribution < -0.4 is 0 Å². The fourth-order valence-corrected chi connectivity index (χ4v) is 7.57. The van der Waals surface area contributed by atoms with Crippen LogP contribution in [0.4, 0.5) is 0 Å². The molecule has 8 nitrogen and oxygen atoms in total. The van der Waals surface area contributed by atoms with E-state index >= 15 is 0 Å². The molecule has 1 aliphatic rings. The third-order valence-electron chi connectivity index (χ3n) is 4.65. The Labute approximate surface area is 195 Å². The van der Waals surface area contributed by atoms with Gasteiger partial charge in [0.1, 0.15) is 6.07 Å². The number of aromatic nitrogens is 2. The van der Waals surface area contributed by atoms with Gasteiger partial charge in [-0.3, -0.25) is 4.79 Å². The Kier molecular flexibility index (Phi) is 8.74. The van der Waals surface area contributed by atoms with Crippen LogP contribution in [0.3, 0.4) is 0 Å². The Hall–Kier alpha value is -1.65. The van der Waals surface area contributed by atoms with Gasteiger partial charge < -0.3 is 4.90 Å². The minimum atomic E-state index is -3.77.